The molecule has 2 heterocycles. The molecule has 0 spiro atoms. The van der Waals surface area contributed by atoms with Gasteiger partial charge in [0.15, 0.2) is 0 Å². The molecule has 6 heteroatoms. The number of para-hydroxylation sites is 2. The van der Waals surface area contributed by atoms with Gasteiger partial charge < -0.3 is 15.0 Å². The summed E-state index contributed by atoms with van der Waals surface area (Å²) in [4.78, 5) is 29.0. The third-order valence-corrected chi connectivity index (χ3v) is 5.09. The molecule has 0 aromatic heterocycles. The van der Waals surface area contributed by atoms with Crippen LogP contribution in [-0.4, -0.2) is 48.6 Å². The van der Waals surface area contributed by atoms with Crippen molar-refractivity contribution < 1.29 is 14.3 Å². The average Bonchev–Trinajstić information content (AvgIpc) is 2.66. The Morgan fingerprint density at radius 3 is 2.58 bits per heavy atom. The van der Waals surface area contributed by atoms with Gasteiger partial charge in [0.25, 0.3) is 0 Å². The zero-order chi connectivity index (χ0) is 18.7. The molecule has 6 nitrogen and oxygen atoms in total. The number of hydrogen-bond acceptors (Lipinski definition) is 3. The molecule has 0 unspecified atom stereocenters. The third kappa shape index (κ3) is 3.94. The van der Waals surface area contributed by atoms with E-state index in [-0.39, 0.29) is 30.0 Å². The first-order valence-corrected chi connectivity index (χ1v) is 9.62. The van der Waals surface area contributed by atoms with Crippen molar-refractivity contribution in [3.05, 3.63) is 24.3 Å². The van der Waals surface area contributed by atoms with Crippen LogP contribution in [0.1, 0.15) is 40.0 Å². The number of likely N-dealkylation sites (tertiary alicyclic amines) is 1. The van der Waals surface area contributed by atoms with Crippen molar-refractivity contribution in [2.24, 2.45) is 5.92 Å². The van der Waals surface area contributed by atoms with Crippen LogP contribution in [0.2, 0.25) is 0 Å². The van der Waals surface area contributed by atoms with Gasteiger partial charge >= 0.3 is 6.03 Å². The second kappa shape index (κ2) is 7.98. The van der Waals surface area contributed by atoms with Crippen LogP contribution in [0.5, 0.6) is 5.75 Å². The van der Waals surface area contributed by atoms with E-state index in [4.69, 9.17) is 4.74 Å². The van der Waals surface area contributed by atoms with Crippen LogP contribution in [0.3, 0.4) is 0 Å². The van der Waals surface area contributed by atoms with E-state index in [1.165, 1.54) is 0 Å². The average molecular weight is 359 g/mol. The fourth-order valence-electron chi connectivity index (χ4n) is 3.60. The number of urea groups is 1. The molecule has 1 N–H and O–H groups in total. The van der Waals surface area contributed by atoms with Crippen molar-refractivity contribution >= 4 is 17.6 Å². The van der Waals surface area contributed by atoms with Crippen molar-refractivity contribution in [1.29, 1.82) is 0 Å². The summed E-state index contributed by atoms with van der Waals surface area (Å²) in [7, 11) is 0. The van der Waals surface area contributed by atoms with Gasteiger partial charge in [0.05, 0.1) is 12.2 Å². The first-order valence-electron chi connectivity index (χ1n) is 9.62. The first-order chi connectivity index (χ1) is 12.5. The van der Waals surface area contributed by atoms with Crippen LogP contribution in [0.15, 0.2) is 24.3 Å². The molecule has 1 atom stereocenters. The lowest BCUT2D eigenvalue weighted by Crippen LogP contribution is -2.52. The standard InChI is InChI=1S/C20H29N3O3/c1-4-16-13-23(17-7-5-6-8-18(17)26-16)20(25)22-11-9-15(10-12-22)19(24)21-14(2)3/h5-8,14-16H,4,9-13H2,1-3H3,(H,21,24)/t16-/m0/s1. The van der Waals surface area contributed by atoms with Gasteiger partial charge in [-0.3, -0.25) is 9.69 Å². The zero-order valence-electron chi connectivity index (χ0n) is 15.9. The van der Waals surface area contributed by atoms with E-state index in [2.05, 4.69) is 12.2 Å². The van der Waals surface area contributed by atoms with Crippen molar-refractivity contribution in [2.75, 3.05) is 24.5 Å². The highest BCUT2D eigenvalue weighted by Gasteiger charge is 2.34. The number of piperidine rings is 1. The van der Waals surface area contributed by atoms with Crippen LogP contribution in [0.4, 0.5) is 10.5 Å². The summed E-state index contributed by atoms with van der Waals surface area (Å²) in [5, 5.41) is 2.98. The van der Waals surface area contributed by atoms with Crippen LogP contribution in [-0.2, 0) is 4.79 Å². The number of fused-ring (bicyclic) bond motifs is 1. The summed E-state index contributed by atoms with van der Waals surface area (Å²) in [6.07, 6.45) is 2.31. The van der Waals surface area contributed by atoms with Gasteiger partial charge in [-0.2, -0.15) is 0 Å². The number of carbonyl (C=O) groups is 2. The van der Waals surface area contributed by atoms with Gasteiger partial charge in [0.2, 0.25) is 5.91 Å². The van der Waals surface area contributed by atoms with Gasteiger partial charge in [-0.15, -0.1) is 0 Å². The molecule has 3 amide bonds. The molecule has 0 saturated carbocycles. The van der Waals surface area contributed by atoms with Crippen molar-refractivity contribution in [3.8, 4) is 5.75 Å². The Morgan fingerprint density at radius 1 is 1.23 bits per heavy atom. The van der Waals surface area contributed by atoms with Crippen LogP contribution >= 0.6 is 0 Å². The molecule has 1 aromatic rings. The highest BCUT2D eigenvalue weighted by Crippen LogP contribution is 2.34. The van der Waals surface area contributed by atoms with Gasteiger partial charge in [-0.1, -0.05) is 19.1 Å². The summed E-state index contributed by atoms with van der Waals surface area (Å²) in [5.41, 5.74) is 0.835. The monoisotopic (exact) mass is 359 g/mol. The van der Waals surface area contributed by atoms with E-state index in [1.54, 1.807) is 0 Å². The lowest BCUT2D eigenvalue weighted by molar-refractivity contribution is -0.126. The summed E-state index contributed by atoms with van der Waals surface area (Å²) in [6.45, 7) is 7.81. The molecule has 2 aliphatic heterocycles. The van der Waals surface area contributed by atoms with Gasteiger partial charge in [0, 0.05) is 25.0 Å². The normalized spacial score (nSPS) is 20.5. The smallest absolute Gasteiger partial charge is 0.324 e. The molecule has 0 aliphatic carbocycles. The summed E-state index contributed by atoms with van der Waals surface area (Å²) in [5.74, 6) is 0.877. The maximum absolute atomic E-state index is 13.1. The van der Waals surface area contributed by atoms with Gasteiger partial charge in [0.1, 0.15) is 11.9 Å². The van der Waals surface area contributed by atoms with Crippen molar-refractivity contribution in [1.82, 2.24) is 10.2 Å². The fourth-order valence-corrected chi connectivity index (χ4v) is 3.60. The van der Waals surface area contributed by atoms with E-state index < -0.39 is 0 Å². The Hall–Kier alpha value is -2.24. The molecular weight excluding hydrogens is 330 g/mol. The maximum atomic E-state index is 13.1. The molecule has 1 fully saturated rings. The highest BCUT2D eigenvalue weighted by molar-refractivity contribution is 5.94. The van der Waals surface area contributed by atoms with E-state index >= 15 is 0 Å². The van der Waals surface area contributed by atoms with Crippen LogP contribution in [0.25, 0.3) is 0 Å². The molecule has 3 rings (SSSR count). The summed E-state index contributed by atoms with van der Waals surface area (Å²) < 4.78 is 5.97. The van der Waals surface area contributed by atoms with Gasteiger partial charge in [-0.05, 0) is 45.2 Å². The number of rotatable bonds is 3. The predicted octanol–water partition coefficient (Wildman–Crippen LogP) is 3.02. The predicted molar refractivity (Wildman–Crippen MR) is 101 cm³/mol. The molecule has 142 valence electrons. The molecule has 0 bridgehead atoms. The second-order valence-corrected chi connectivity index (χ2v) is 7.43. The second-order valence-electron chi connectivity index (χ2n) is 7.43. The Bertz CT molecular complexity index is 653. The number of hydrogen-bond donors (Lipinski definition) is 1. The number of ether oxygens (including phenoxy) is 1. The van der Waals surface area contributed by atoms with Crippen LogP contribution < -0.4 is 15.0 Å². The Labute approximate surface area is 155 Å². The summed E-state index contributed by atoms with van der Waals surface area (Å²) >= 11 is 0. The Morgan fingerprint density at radius 2 is 1.92 bits per heavy atom. The molecule has 26 heavy (non-hydrogen) atoms. The number of benzene rings is 1. The van der Waals surface area contributed by atoms with E-state index in [9.17, 15) is 9.59 Å². The largest absolute Gasteiger partial charge is 0.486 e. The molecule has 1 saturated heterocycles. The minimum absolute atomic E-state index is 0.00168. The maximum Gasteiger partial charge on any atom is 0.324 e. The molecule has 2 aliphatic rings. The molecule has 1 aromatic carbocycles. The van der Waals surface area contributed by atoms with Gasteiger partial charge in [-0.25, -0.2) is 4.79 Å². The number of nitrogens with one attached hydrogen (secondary N) is 1. The number of carbonyl (C=O) groups excluding carboxylic acids is 2. The minimum atomic E-state index is 0.00168. The SMILES string of the molecule is CC[C@H]1CN(C(=O)N2CCC(C(=O)NC(C)C)CC2)c2ccccc2O1. The minimum Gasteiger partial charge on any atom is -0.486 e. The number of nitrogens with zero attached hydrogens (tertiary/aromatic N) is 2. The van der Waals surface area contributed by atoms with E-state index in [0.717, 1.165) is 17.9 Å². The first kappa shape index (κ1) is 18.5. The van der Waals surface area contributed by atoms with Crippen molar-refractivity contribution in [2.45, 2.75) is 52.2 Å². The topological polar surface area (TPSA) is 61.9 Å². The fraction of sp³-hybridized carbons (Fsp3) is 0.600. The Kier molecular flexibility index (Phi) is 5.69. The van der Waals surface area contributed by atoms with E-state index in [0.29, 0.717) is 32.5 Å². The summed E-state index contributed by atoms with van der Waals surface area (Å²) in [6, 6.07) is 7.87. The molecular formula is C20H29N3O3. The Balaban J connectivity index is 1.66. The number of anilines is 1. The lowest BCUT2D eigenvalue weighted by Gasteiger charge is -2.39. The third-order valence-electron chi connectivity index (χ3n) is 5.09. The quantitative estimate of drug-likeness (QED) is 0.902. The highest BCUT2D eigenvalue weighted by atomic mass is 16.5. The molecule has 0 radical (unpaired) electrons. The lowest BCUT2D eigenvalue weighted by atomic mass is 9.96. The van der Waals surface area contributed by atoms with Crippen molar-refractivity contribution in [3.63, 3.8) is 0 Å². The zero-order valence-corrected chi connectivity index (χ0v) is 15.9. The van der Waals surface area contributed by atoms with E-state index in [1.807, 2.05) is 47.9 Å². The van der Waals surface area contributed by atoms with Crippen LogP contribution in [0, 0.1) is 5.92 Å². The number of amides is 3.